The average Bonchev–Trinajstić information content (AvgIpc) is 2.16. The van der Waals surface area contributed by atoms with Crippen LogP contribution in [0.15, 0.2) is 12.3 Å². The first-order valence-corrected chi connectivity index (χ1v) is 4.27. The fourth-order valence-corrected chi connectivity index (χ4v) is 0.851. The molecule has 0 bridgehead atoms. The summed E-state index contributed by atoms with van der Waals surface area (Å²) in [5, 5.41) is 2.36. The molecule has 1 heterocycles. The first kappa shape index (κ1) is 12.2. The van der Waals surface area contributed by atoms with Gasteiger partial charge in [0.15, 0.2) is 0 Å². The van der Waals surface area contributed by atoms with Crippen molar-refractivity contribution in [1.29, 1.82) is 0 Å². The van der Waals surface area contributed by atoms with Crippen molar-refractivity contribution in [3.8, 4) is 0 Å². The zero-order chi connectivity index (χ0) is 12.3. The van der Waals surface area contributed by atoms with E-state index in [1.165, 1.54) is 6.92 Å². The number of rotatable bonds is 3. The van der Waals surface area contributed by atoms with Crippen LogP contribution < -0.4 is 11.1 Å². The summed E-state index contributed by atoms with van der Waals surface area (Å²) in [5.74, 6) is -0.998. The largest absolute Gasteiger partial charge is 0.433 e. The predicted molar refractivity (Wildman–Crippen MR) is 49.3 cm³/mol. The number of primary amides is 1. The van der Waals surface area contributed by atoms with E-state index in [0.29, 0.717) is 0 Å². The Labute approximate surface area is 88.9 Å². The lowest BCUT2D eigenvalue weighted by atomic mass is 10.3. The Morgan fingerprint density at radius 2 is 2.19 bits per heavy atom. The van der Waals surface area contributed by atoms with Gasteiger partial charge in [-0.1, -0.05) is 0 Å². The summed E-state index contributed by atoms with van der Waals surface area (Å²) in [6, 6.07) is -0.108. The van der Waals surface area contributed by atoms with Gasteiger partial charge in [-0.25, -0.2) is 9.97 Å². The summed E-state index contributed by atoms with van der Waals surface area (Å²) in [4.78, 5) is 17.4. The van der Waals surface area contributed by atoms with Crippen LogP contribution in [0.2, 0.25) is 0 Å². The third-order valence-corrected chi connectivity index (χ3v) is 1.72. The summed E-state index contributed by atoms with van der Waals surface area (Å²) < 4.78 is 36.8. The topological polar surface area (TPSA) is 80.9 Å². The van der Waals surface area contributed by atoms with Crippen LogP contribution >= 0.6 is 0 Å². The number of nitrogens with one attached hydrogen (secondary N) is 1. The van der Waals surface area contributed by atoms with Crippen molar-refractivity contribution >= 4 is 11.9 Å². The molecule has 0 aromatic carbocycles. The average molecular weight is 234 g/mol. The minimum atomic E-state index is -4.55. The maximum Gasteiger partial charge on any atom is 0.433 e. The SMILES string of the molecule is CC(Nc1nccc(C(F)(F)F)n1)C(N)=O. The molecule has 0 aliphatic heterocycles. The molecule has 1 atom stereocenters. The maximum absolute atomic E-state index is 12.3. The van der Waals surface area contributed by atoms with Crippen LogP contribution in [0, 0.1) is 0 Å². The molecular weight excluding hydrogens is 225 g/mol. The van der Waals surface area contributed by atoms with Gasteiger partial charge in [0.2, 0.25) is 11.9 Å². The number of hydrogen-bond acceptors (Lipinski definition) is 4. The van der Waals surface area contributed by atoms with Gasteiger partial charge in [0.1, 0.15) is 11.7 Å². The van der Waals surface area contributed by atoms with Crippen molar-refractivity contribution in [3.05, 3.63) is 18.0 Å². The van der Waals surface area contributed by atoms with Crippen LogP contribution in [-0.4, -0.2) is 21.9 Å². The molecule has 0 spiro atoms. The number of carbonyl (C=O) groups excluding carboxylic acids is 1. The molecule has 0 radical (unpaired) electrons. The Hall–Kier alpha value is -1.86. The molecule has 1 unspecified atom stereocenters. The highest BCUT2D eigenvalue weighted by Gasteiger charge is 2.32. The number of alkyl halides is 3. The molecule has 1 rings (SSSR count). The molecule has 1 amide bonds. The summed E-state index contributed by atoms with van der Waals surface area (Å²) in [5.41, 5.74) is 3.85. The van der Waals surface area contributed by atoms with Gasteiger partial charge >= 0.3 is 6.18 Å². The first-order valence-electron chi connectivity index (χ1n) is 4.27. The molecule has 16 heavy (non-hydrogen) atoms. The van der Waals surface area contributed by atoms with Gasteiger partial charge in [-0.2, -0.15) is 13.2 Å². The molecule has 8 heteroatoms. The number of amides is 1. The summed E-state index contributed by atoms with van der Waals surface area (Å²) in [6.45, 7) is 1.39. The normalized spacial score (nSPS) is 13.2. The molecule has 88 valence electrons. The summed E-state index contributed by atoms with van der Waals surface area (Å²) in [7, 11) is 0. The van der Waals surface area contributed by atoms with Crippen molar-refractivity contribution in [2.75, 3.05) is 5.32 Å². The molecule has 3 N–H and O–H groups in total. The molecule has 0 fully saturated rings. The van der Waals surface area contributed by atoms with E-state index in [2.05, 4.69) is 15.3 Å². The third kappa shape index (κ3) is 3.07. The Morgan fingerprint density at radius 1 is 1.56 bits per heavy atom. The first-order chi connectivity index (χ1) is 7.30. The smallest absolute Gasteiger partial charge is 0.368 e. The fourth-order valence-electron chi connectivity index (χ4n) is 0.851. The Kier molecular flexibility index (Phi) is 3.31. The third-order valence-electron chi connectivity index (χ3n) is 1.72. The van der Waals surface area contributed by atoms with E-state index >= 15 is 0 Å². The van der Waals surface area contributed by atoms with Crippen LogP contribution in [-0.2, 0) is 11.0 Å². The van der Waals surface area contributed by atoms with Gasteiger partial charge in [-0.3, -0.25) is 4.79 Å². The van der Waals surface area contributed by atoms with Gasteiger partial charge in [-0.05, 0) is 13.0 Å². The molecule has 0 aliphatic rings. The summed E-state index contributed by atoms with van der Waals surface area (Å²) >= 11 is 0. The van der Waals surface area contributed by atoms with E-state index in [1.807, 2.05) is 0 Å². The molecule has 1 aromatic heterocycles. The van der Waals surface area contributed by atoms with E-state index < -0.39 is 23.8 Å². The number of nitrogens with two attached hydrogens (primary N) is 1. The van der Waals surface area contributed by atoms with Crippen LogP contribution in [0.4, 0.5) is 19.1 Å². The van der Waals surface area contributed by atoms with Crippen LogP contribution in [0.5, 0.6) is 0 Å². The van der Waals surface area contributed by atoms with Gasteiger partial charge in [-0.15, -0.1) is 0 Å². The van der Waals surface area contributed by atoms with E-state index in [0.717, 1.165) is 12.3 Å². The maximum atomic E-state index is 12.3. The number of carbonyl (C=O) groups is 1. The standard InChI is InChI=1S/C8H9F3N4O/c1-4(6(12)16)14-7-13-3-2-5(15-7)8(9,10)11/h2-4H,1H3,(H2,12,16)(H,13,14,15). The zero-order valence-electron chi connectivity index (χ0n) is 8.25. The Balaban J connectivity index is 2.87. The quantitative estimate of drug-likeness (QED) is 0.809. The van der Waals surface area contributed by atoms with Crippen molar-refractivity contribution in [1.82, 2.24) is 9.97 Å². The van der Waals surface area contributed by atoms with Crippen molar-refractivity contribution in [2.24, 2.45) is 5.73 Å². The zero-order valence-corrected chi connectivity index (χ0v) is 8.25. The minimum Gasteiger partial charge on any atom is -0.368 e. The molecule has 1 aromatic rings. The fraction of sp³-hybridized carbons (Fsp3) is 0.375. The molecule has 0 saturated heterocycles. The predicted octanol–water partition coefficient (Wildman–Crippen LogP) is 0.781. The lowest BCUT2D eigenvalue weighted by Gasteiger charge is -2.11. The van der Waals surface area contributed by atoms with Crippen molar-refractivity contribution in [3.63, 3.8) is 0 Å². The molecule has 0 aliphatic carbocycles. The van der Waals surface area contributed by atoms with Gasteiger partial charge in [0.25, 0.3) is 0 Å². The van der Waals surface area contributed by atoms with Gasteiger partial charge < -0.3 is 11.1 Å². The number of hydrogen-bond donors (Lipinski definition) is 2. The number of aromatic nitrogens is 2. The second kappa shape index (κ2) is 4.33. The molecule has 5 nitrogen and oxygen atoms in total. The number of halogens is 3. The minimum absolute atomic E-state index is 0.291. The van der Waals surface area contributed by atoms with Gasteiger partial charge in [0, 0.05) is 6.20 Å². The van der Waals surface area contributed by atoms with E-state index in [4.69, 9.17) is 5.73 Å². The van der Waals surface area contributed by atoms with Crippen molar-refractivity contribution in [2.45, 2.75) is 19.1 Å². The van der Waals surface area contributed by atoms with Crippen LogP contribution in [0.1, 0.15) is 12.6 Å². The van der Waals surface area contributed by atoms with Gasteiger partial charge in [0.05, 0.1) is 0 Å². The number of anilines is 1. The lowest BCUT2D eigenvalue weighted by Crippen LogP contribution is -2.33. The number of nitrogens with zero attached hydrogens (tertiary/aromatic N) is 2. The van der Waals surface area contributed by atoms with E-state index in [1.54, 1.807) is 0 Å². The van der Waals surface area contributed by atoms with E-state index in [9.17, 15) is 18.0 Å². The Bertz CT molecular complexity index is 393. The monoisotopic (exact) mass is 234 g/mol. The Morgan fingerprint density at radius 3 is 2.69 bits per heavy atom. The van der Waals surface area contributed by atoms with Crippen LogP contribution in [0.3, 0.4) is 0 Å². The highest BCUT2D eigenvalue weighted by atomic mass is 19.4. The second-order valence-corrected chi connectivity index (χ2v) is 3.03. The lowest BCUT2D eigenvalue weighted by molar-refractivity contribution is -0.141. The highest BCUT2D eigenvalue weighted by molar-refractivity contribution is 5.81. The molecular formula is C8H9F3N4O. The van der Waals surface area contributed by atoms with E-state index in [-0.39, 0.29) is 5.95 Å². The summed E-state index contributed by atoms with van der Waals surface area (Å²) in [6.07, 6.45) is -3.60. The van der Waals surface area contributed by atoms with Crippen molar-refractivity contribution < 1.29 is 18.0 Å². The molecule has 0 saturated carbocycles. The second-order valence-electron chi connectivity index (χ2n) is 3.03. The highest BCUT2D eigenvalue weighted by Crippen LogP contribution is 2.27. The van der Waals surface area contributed by atoms with Crippen LogP contribution in [0.25, 0.3) is 0 Å².